The molecule has 0 unspecified atom stereocenters. The molecule has 1 fully saturated rings. The molecule has 1 aliphatic rings. The molecule has 15 heteroatoms. The van der Waals surface area contributed by atoms with Gasteiger partial charge in [-0.25, -0.2) is 0 Å². The van der Waals surface area contributed by atoms with E-state index in [9.17, 15) is 19.2 Å². The number of nitrogens with one attached hydrogen (secondary N) is 1. The van der Waals surface area contributed by atoms with Gasteiger partial charge in [0, 0.05) is 41.2 Å². The fraction of sp³-hybridized carbons (Fsp3) is 0.556. The Morgan fingerprint density at radius 2 is 1.60 bits per heavy atom. The maximum atomic E-state index is 12.2. The quantitative estimate of drug-likeness (QED) is 0.271. The van der Waals surface area contributed by atoms with E-state index in [1.165, 1.54) is 27.7 Å². The Morgan fingerprint density at radius 1 is 0.929 bits per heavy atom. The van der Waals surface area contributed by atoms with Crippen LogP contribution in [0.5, 0.6) is 11.5 Å². The van der Waals surface area contributed by atoms with E-state index >= 15 is 0 Å². The van der Waals surface area contributed by atoms with Crippen molar-refractivity contribution in [3.05, 3.63) is 29.6 Å². The largest absolute Gasteiger partial charge is 0.493 e. The second-order valence-corrected chi connectivity index (χ2v) is 10.6. The van der Waals surface area contributed by atoms with Crippen LogP contribution in [0, 0.1) is 0 Å². The van der Waals surface area contributed by atoms with Gasteiger partial charge in [0.15, 0.2) is 28.9 Å². The Balaban J connectivity index is 1.87. The molecule has 1 saturated heterocycles. The van der Waals surface area contributed by atoms with Crippen LogP contribution >= 0.6 is 11.8 Å². The van der Waals surface area contributed by atoms with Crippen molar-refractivity contribution < 1.29 is 47.6 Å². The summed E-state index contributed by atoms with van der Waals surface area (Å²) in [4.78, 5) is 47.8. The van der Waals surface area contributed by atoms with E-state index in [1.54, 1.807) is 25.8 Å². The van der Waals surface area contributed by atoms with E-state index in [1.807, 2.05) is 18.2 Å². The summed E-state index contributed by atoms with van der Waals surface area (Å²) in [7, 11) is 4.95. The molecule has 5 atom stereocenters. The van der Waals surface area contributed by atoms with Crippen molar-refractivity contribution in [1.29, 1.82) is 0 Å². The Kier molecular flexibility index (Phi) is 11.6. The molecule has 2 aromatic rings. The highest BCUT2D eigenvalue weighted by Gasteiger charge is 2.51. The lowest BCUT2D eigenvalue weighted by Gasteiger charge is -2.44. The monoisotopic (exact) mass is 608 g/mol. The van der Waals surface area contributed by atoms with Crippen molar-refractivity contribution in [2.45, 2.75) is 75.5 Å². The molecule has 1 N–H and O–H groups in total. The predicted molar refractivity (Wildman–Crippen MR) is 148 cm³/mol. The van der Waals surface area contributed by atoms with Crippen molar-refractivity contribution >= 4 is 35.6 Å². The number of carbonyl (C=O) groups is 4. The lowest BCUT2D eigenvalue weighted by molar-refractivity contribution is -0.211. The zero-order chi connectivity index (χ0) is 31.0. The van der Waals surface area contributed by atoms with Gasteiger partial charge >= 0.3 is 17.9 Å². The second-order valence-electron chi connectivity index (χ2n) is 9.48. The third-order valence-corrected chi connectivity index (χ3v) is 7.51. The second kappa shape index (κ2) is 14.9. The number of methoxy groups -OCH3 is 2. The van der Waals surface area contributed by atoms with Crippen LogP contribution in [0.25, 0.3) is 0 Å². The molecule has 1 aliphatic heterocycles. The van der Waals surface area contributed by atoms with Crippen LogP contribution in [0.2, 0.25) is 0 Å². The molecule has 1 amide bonds. The number of aromatic nitrogens is 3. The van der Waals surface area contributed by atoms with Gasteiger partial charge in [0.05, 0.1) is 14.2 Å². The Hall–Kier alpha value is -3.85. The molecule has 0 spiro atoms. The van der Waals surface area contributed by atoms with Gasteiger partial charge in [-0.05, 0) is 24.1 Å². The molecule has 1 aromatic carbocycles. The summed E-state index contributed by atoms with van der Waals surface area (Å²) in [5.41, 5.74) is 0.118. The van der Waals surface area contributed by atoms with Gasteiger partial charge in [-0.15, -0.1) is 10.2 Å². The summed E-state index contributed by atoms with van der Waals surface area (Å²) in [6.45, 7) is 4.62. The van der Waals surface area contributed by atoms with Gasteiger partial charge in [-0.3, -0.25) is 19.2 Å². The van der Waals surface area contributed by atoms with Crippen molar-refractivity contribution in [1.82, 2.24) is 20.1 Å². The molecule has 0 radical (unpaired) electrons. The standard InChI is InChI=1S/C27H36N4O10S/c1-14(32)28-23-25(40-17(4)35)24(39-16(3)34)21(13-38-15(2)33)41-26(23)42-27-30-29-22(31(27)5)11-9-18-8-10-19(36-6)20(12-18)37-7/h8,10,12,21,23-26H,9,11,13H2,1-7H3,(H,28,32)/t21-,23-,24+,25-,26+/m1/s1. The predicted octanol–water partition coefficient (Wildman–Crippen LogP) is 1.37. The van der Waals surface area contributed by atoms with Crippen LogP contribution in [0.4, 0.5) is 0 Å². The smallest absolute Gasteiger partial charge is 0.303 e. The molecule has 42 heavy (non-hydrogen) atoms. The number of carbonyl (C=O) groups excluding carboxylic acids is 4. The zero-order valence-electron chi connectivity index (χ0n) is 24.6. The first-order valence-electron chi connectivity index (χ1n) is 13.1. The van der Waals surface area contributed by atoms with E-state index in [0.717, 1.165) is 17.3 Å². The number of hydrogen-bond acceptors (Lipinski definition) is 13. The lowest BCUT2D eigenvalue weighted by Crippen LogP contribution is -2.65. The molecule has 0 aliphatic carbocycles. The maximum absolute atomic E-state index is 12.2. The van der Waals surface area contributed by atoms with E-state index in [0.29, 0.717) is 35.3 Å². The van der Waals surface area contributed by atoms with Crippen LogP contribution < -0.4 is 14.8 Å². The number of benzene rings is 1. The van der Waals surface area contributed by atoms with Crippen molar-refractivity contribution in [3.63, 3.8) is 0 Å². The summed E-state index contributed by atoms with van der Waals surface area (Å²) in [5, 5.41) is 11.8. The van der Waals surface area contributed by atoms with Crippen molar-refractivity contribution in [3.8, 4) is 11.5 Å². The average molecular weight is 609 g/mol. The Morgan fingerprint density at radius 3 is 2.19 bits per heavy atom. The average Bonchev–Trinajstić information content (AvgIpc) is 3.27. The Bertz CT molecular complexity index is 1290. The molecule has 1 aromatic heterocycles. The zero-order valence-corrected chi connectivity index (χ0v) is 25.4. The van der Waals surface area contributed by atoms with Gasteiger partial charge in [-0.1, -0.05) is 17.8 Å². The molecule has 3 rings (SSSR count). The van der Waals surface area contributed by atoms with Crippen LogP contribution in [-0.2, 0) is 58.0 Å². The minimum absolute atomic E-state index is 0.287. The molecule has 2 heterocycles. The van der Waals surface area contributed by atoms with Crippen LogP contribution in [0.1, 0.15) is 39.1 Å². The highest BCUT2D eigenvalue weighted by atomic mass is 32.2. The minimum atomic E-state index is -1.17. The highest BCUT2D eigenvalue weighted by molar-refractivity contribution is 7.99. The van der Waals surface area contributed by atoms with Crippen LogP contribution in [0.3, 0.4) is 0 Å². The van der Waals surface area contributed by atoms with Crippen molar-refractivity contribution in [2.24, 2.45) is 7.05 Å². The van der Waals surface area contributed by atoms with Crippen LogP contribution in [0.15, 0.2) is 23.4 Å². The normalized spacial score (nSPS) is 21.6. The summed E-state index contributed by atoms with van der Waals surface area (Å²) in [5.74, 6) is -0.404. The molecular formula is C27H36N4O10S. The van der Waals surface area contributed by atoms with Gasteiger partial charge in [0.2, 0.25) is 5.91 Å². The molecule has 0 bridgehead atoms. The SMILES string of the molecule is COc1ccc(CCc2nnc(S[C@@H]3O[C@H](COC(C)=O)[C@H](OC(C)=O)[C@H](OC(C)=O)[C@H]3NC(C)=O)n2C)cc1OC. The number of thioether (sulfide) groups is 1. The number of esters is 3. The first-order chi connectivity index (χ1) is 19.9. The third kappa shape index (κ3) is 8.58. The lowest BCUT2D eigenvalue weighted by atomic mass is 9.97. The Labute approximate surface area is 247 Å². The highest BCUT2D eigenvalue weighted by Crippen LogP contribution is 2.36. The summed E-state index contributed by atoms with van der Waals surface area (Å²) < 4.78 is 34.9. The molecule has 0 saturated carbocycles. The van der Waals surface area contributed by atoms with Crippen LogP contribution in [-0.4, -0.2) is 89.2 Å². The summed E-state index contributed by atoms with van der Waals surface area (Å²) in [6, 6.07) is 4.72. The number of rotatable bonds is 12. The molecule has 230 valence electrons. The number of hydrogen-bond donors (Lipinski definition) is 1. The topological polar surface area (TPSA) is 166 Å². The van der Waals surface area contributed by atoms with Crippen molar-refractivity contribution in [2.75, 3.05) is 20.8 Å². The molecular weight excluding hydrogens is 572 g/mol. The fourth-order valence-electron chi connectivity index (χ4n) is 4.45. The van der Waals surface area contributed by atoms with E-state index in [2.05, 4.69) is 15.5 Å². The summed E-state index contributed by atoms with van der Waals surface area (Å²) in [6.07, 6.45) is -2.13. The van der Waals surface area contributed by atoms with E-state index < -0.39 is 53.6 Å². The minimum Gasteiger partial charge on any atom is -0.493 e. The number of ether oxygens (including phenoxy) is 6. The number of amides is 1. The van der Waals surface area contributed by atoms with Gasteiger partial charge in [0.1, 0.15) is 30.0 Å². The molecule has 14 nitrogen and oxygen atoms in total. The number of nitrogens with zero attached hydrogens (tertiary/aromatic N) is 3. The van der Waals surface area contributed by atoms with Gasteiger partial charge in [0.25, 0.3) is 0 Å². The van der Waals surface area contributed by atoms with Gasteiger partial charge in [-0.2, -0.15) is 0 Å². The van der Waals surface area contributed by atoms with Gasteiger partial charge < -0.3 is 38.3 Å². The maximum Gasteiger partial charge on any atom is 0.303 e. The third-order valence-electron chi connectivity index (χ3n) is 6.30. The summed E-state index contributed by atoms with van der Waals surface area (Å²) >= 11 is 1.13. The first-order valence-corrected chi connectivity index (χ1v) is 14.0. The first kappa shape index (κ1) is 32.7. The number of aryl methyl sites for hydroxylation is 2. The van der Waals surface area contributed by atoms with E-state index in [4.69, 9.17) is 28.4 Å². The van der Waals surface area contributed by atoms with E-state index in [-0.39, 0.29) is 6.61 Å². The fourth-order valence-corrected chi connectivity index (χ4v) is 5.58.